The second-order valence-corrected chi connectivity index (χ2v) is 4.43. The highest BCUT2D eigenvalue weighted by atomic mass is 31.0. The van der Waals surface area contributed by atoms with E-state index in [1.165, 1.54) is 11.1 Å². The van der Waals surface area contributed by atoms with Crippen LogP contribution in [-0.2, 0) is 12.3 Å². The minimum absolute atomic E-state index is 0.901. The molecule has 1 aromatic heterocycles. The van der Waals surface area contributed by atoms with E-state index < -0.39 is 0 Å². The molecule has 0 amide bonds. The molecule has 2 rings (SSSR count). The normalized spacial score (nSPS) is 10.4. The summed E-state index contributed by atoms with van der Waals surface area (Å²) in [4.78, 5) is 4.55. The van der Waals surface area contributed by atoms with E-state index in [9.17, 15) is 0 Å². The first-order valence-corrected chi connectivity index (χ1v) is 6.92. The van der Waals surface area contributed by atoms with Gasteiger partial charge < -0.3 is 0 Å². The van der Waals surface area contributed by atoms with Gasteiger partial charge in [0.2, 0.25) is 0 Å². The molecule has 0 spiro atoms. The Kier molecular flexibility index (Phi) is 4.04. The summed E-state index contributed by atoms with van der Waals surface area (Å²) in [5.74, 6) is 0. The minimum Gasteiger partial charge on any atom is -0.257 e. The van der Waals surface area contributed by atoms with Gasteiger partial charge in [-0.3, -0.25) is 4.98 Å². The third-order valence-electron chi connectivity index (χ3n) is 2.46. The molecule has 0 bridgehead atoms. The first-order valence-electron chi connectivity index (χ1n) is 5.29. The van der Waals surface area contributed by atoms with Gasteiger partial charge in [-0.25, -0.2) is 0 Å². The Bertz CT molecular complexity index is 446. The molecule has 3 heteroatoms. The summed E-state index contributed by atoms with van der Waals surface area (Å²) in [5, 5.41) is 0. The molecule has 1 aromatic carbocycles. The highest BCUT2D eigenvalue weighted by molar-refractivity contribution is 7.15. The third-order valence-corrected chi connectivity index (χ3v) is 3.29. The molecular formula is C13H15NP2. The lowest BCUT2D eigenvalue weighted by Gasteiger charge is -2.06. The van der Waals surface area contributed by atoms with Gasteiger partial charge in [0.25, 0.3) is 0 Å². The van der Waals surface area contributed by atoms with Gasteiger partial charge in [0.1, 0.15) is 0 Å². The fourth-order valence-corrected chi connectivity index (χ4v) is 2.07. The van der Waals surface area contributed by atoms with Crippen LogP contribution in [0.25, 0.3) is 11.1 Å². The molecule has 2 atom stereocenters. The van der Waals surface area contributed by atoms with Crippen LogP contribution >= 0.6 is 18.5 Å². The van der Waals surface area contributed by atoms with E-state index in [1.807, 2.05) is 6.07 Å². The third kappa shape index (κ3) is 2.67. The Labute approximate surface area is 101 Å². The first kappa shape index (κ1) is 11.7. The molecule has 2 aromatic rings. The van der Waals surface area contributed by atoms with Crippen molar-refractivity contribution in [2.24, 2.45) is 0 Å². The highest BCUT2D eigenvalue weighted by Gasteiger charge is 2.02. The summed E-state index contributed by atoms with van der Waals surface area (Å²) in [6.45, 7) is 0. The maximum atomic E-state index is 4.55. The number of hydrogen-bond acceptors (Lipinski definition) is 1. The van der Waals surface area contributed by atoms with Crippen LogP contribution in [0.2, 0.25) is 0 Å². The van der Waals surface area contributed by atoms with Crippen molar-refractivity contribution in [3.63, 3.8) is 0 Å². The van der Waals surface area contributed by atoms with Crippen LogP contribution in [-0.4, -0.2) is 4.98 Å². The van der Waals surface area contributed by atoms with E-state index in [1.54, 1.807) is 0 Å². The first-order chi connectivity index (χ1) is 7.83. The van der Waals surface area contributed by atoms with Gasteiger partial charge in [-0.15, -0.1) is 18.5 Å². The van der Waals surface area contributed by atoms with Crippen LogP contribution in [0.5, 0.6) is 0 Å². The Hall–Kier alpha value is -0.770. The lowest BCUT2D eigenvalue weighted by molar-refractivity contribution is 1.09. The minimum atomic E-state index is 0.901. The van der Waals surface area contributed by atoms with Gasteiger partial charge >= 0.3 is 0 Å². The molecule has 82 valence electrons. The average Bonchev–Trinajstić information content (AvgIpc) is 2.39. The van der Waals surface area contributed by atoms with E-state index in [4.69, 9.17) is 0 Å². The predicted octanol–water partition coefficient (Wildman–Crippen LogP) is 3.50. The predicted molar refractivity (Wildman–Crippen MR) is 76.5 cm³/mol. The number of hydrogen-bond donors (Lipinski definition) is 0. The SMILES string of the molecule is PCc1cc(-c2ccccc2)cc(CP)n1. The lowest BCUT2D eigenvalue weighted by atomic mass is 10.1. The summed E-state index contributed by atoms with van der Waals surface area (Å²) < 4.78 is 0. The number of pyridine rings is 1. The Morgan fingerprint density at radius 3 is 1.88 bits per heavy atom. The lowest BCUT2D eigenvalue weighted by Crippen LogP contribution is -1.92. The van der Waals surface area contributed by atoms with Crippen LogP contribution in [0.15, 0.2) is 42.5 Å². The molecule has 16 heavy (non-hydrogen) atoms. The van der Waals surface area contributed by atoms with Gasteiger partial charge in [0.05, 0.1) is 0 Å². The molecule has 0 saturated heterocycles. The Morgan fingerprint density at radius 2 is 1.38 bits per heavy atom. The topological polar surface area (TPSA) is 12.9 Å². The maximum absolute atomic E-state index is 4.55. The van der Waals surface area contributed by atoms with E-state index in [0.29, 0.717) is 0 Å². The van der Waals surface area contributed by atoms with Crippen molar-refractivity contribution in [2.45, 2.75) is 12.3 Å². The monoisotopic (exact) mass is 247 g/mol. The molecule has 2 unspecified atom stereocenters. The van der Waals surface area contributed by atoms with Crippen LogP contribution < -0.4 is 0 Å². The molecule has 1 heterocycles. The molecule has 0 aliphatic heterocycles. The van der Waals surface area contributed by atoms with Crippen molar-refractivity contribution in [3.05, 3.63) is 53.9 Å². The fourth-order valence-electron chi connectivity index (χ4n) is 1.66. The molecule has 1 nitrogen and oxygen atoms in total. The second kappa shape index (κ2) is 5.53. The number of aromatic nitrogens is 1. The smallest absolute Gasteiger partial charge is 0.0451 e. The summed E-state index contributed by atoms with van der Waals surface area (Å²) in [7, 11) is 5.45. The largest absolute Gasteiger partial charge is 0.257 e. The number of nitrogens with zero attached hydrogens (tertiary/aromatic N) is 1. The fraction of sp³-hybridized carbons (Fsp3) is 0.154. The summed E-state index contributed by atoms with van der Waals surface area (Å²) in [6.07, 6.45) is 1.80. The molecule has 0 aliphatic carbocycles. The van der Waals surface area contributed by atoms with Crippen LogP contribution in [0, 0.1) is 0 Å². The zero-order valence-electron chi connectivity index (χ0n) is 9.06. The summed E-state index contributed by atoms with van der Waals surface area (Å²) >= 11 is 0. The van der Waals surface area contributed by atoms with E-state index in [-0.39, 0.29) is 0 Å². The van der Waals surface area contributed by atoms with Crippen LogP contribution in [0.1, 0.15) is 11.4 Å². The van der Waals surface area contributed by atoms with Crippen molar-refractivity contribution in [1.29, 1.82) is 0 Å². The summed E-state index contributed by atoms with van der Waals surface area (Å²) in [6, 6.07) is 14.8. The Balaban J connectivity index is 2.48. The maximum Gasteiger partial charge on any atom is 0.0451 e. The van der Waals surface area contributed by atoms with Crippen molar-refractivity contribution in [3.8, 4) is 11.1 Å². The second-order valence-electron chi connectivity index (χ2n) is 3.61. The van der Waals surface area contributed by atoms with Gasteiger partial charge in [-0.05, 0) is 23.3 Å². The molecular weight excluding hydrogens is 232 g/mol. The zero-order valence-corrected chi connectivity index (χ0v) is 11.4. The molecule has 0 radical (unpaired) electrons. The van der Waals surface area contributed by atoms with Crippen LogP contribution in [0.4, 0.5) is 0 Å². The van der Waals surface area contributed by atoms with E-state index >= 15 is 0 Å². The number of benzene rings is 1. The zero-order chi connectivity index (χ0) is 11.4. The molecule has 0 saturated carbocycles. The van der Waals surface area contributed by atoms with Gasteiger partial charge in [0.15, 0.2) is 0 Å². The van der Waals surface area contributed by atoms with Gasteiger partial charge in [-0.1, -0.05) is 30.3 Å². The van der Waals surface area contributed by atoms with Crippen molar-refractivity contribution < 1.29 is 0 Å². The highest BCUT2D eigenvalue weighted by Crippen LogP contribution is 2.22. The van der Waals surface area contributed by atoms with Crippen LogP contribution in [0.3, 0.4) is 0 Å². The Morgan fingerprint density at radius 1 is 0.812 bits per heavy atom. The van der Waals surface area contributed by atoms with Crippen molar-refractivity contribution >= 4 is 18.5 Å². The van der Waals surface area contributed by atoms with Crippen molar-refractivity contribution in [2.75, 3.05) is 0 Å². The summed E-state index contributed by atoms with van der Waals surface area (Å²) in [5.41, 5.74) is 4.77. The standard InChI is InChI=1S/C13H15NP2/c15-8-12-6-11(7-13(9-16)14-12)10-4-2-1-3-5-10/h1-7H,8-9,15-16H2. The quantitative estimate of drug-likeness (QED) is 0.756. The van der Waals surface area contributed by atoms with Gasteiger partial charge in [-0.2, -0.15) is 0 Å². The van der Waals surface area contributed by atoms with E-state index in [0.717, 1.165) is 23.7 Å². The average molecular weight is 247 g/mol. The molecule has 0 N–H and O–H groups in total. The number of rotatable bonds is 3. The molecule has 0 aliphatic rings. The van der Waals surface area contributed by atoms with Crippen molar-refractivity contribution in [1.82, 2.24) is 4.98 Å². The van der Waals surface area contributed by atoms with E-state index in [2.05, 4.69) is 59.9 Å². The molecule has 0 fully saturated rings. The van der Waals surface area contributed by atoms with Gasteiger partial charge in [0, 0.05) is 23.7 Å².